The van der Waals surface area contributed by atoms with Crippen LogP contribution in [0.5, 0.6) is 0 Å². The number of benzene rings is 1. The Morgan fingerprint density at radius 1 is 1.39 bits per heavy atom. The molecule has 23 heavy (non-hydrogen) atoms. The Labute approximate surface area is 136 Å². The summed E-state index contributed by atoms with van der Waals surface area (Å²) in [5.41, 5.74) is 1.02. The molecule has 2 amide bonds. The summed E-state index contributed by atoms with van der Waals surface area (Å²) < 4.78 is 5.34. The molecule has 2 aliphatic rings. The summed E-state index contributed by atoms with van der Waals surface area (Å²) in [6.45, 7) is 2.49. The molecule has 0 radical (unpaired) electrons. The van der Waals surface area contributed by atoms with Crippen molar-refractivity contribution in [3.05, 3.63) is 35.9 Å². The van der Waals surface area contributed by atoms with Gasteiger partial charge in [-0.2, -0.15) is 0 Å². The Kier molecular flexibility index (Phi) is 4.93. The number of ether oxygens (including phenoxy) is 1. The predicted octanol–water partition coefficient (Wildman–Crippen LogP) is 0.234. The van der Waals surface area contributed by atoms with E-state index in [1.807, 2.05) is 37.4 Å². The zero-order chi connectivity index (χ0) is 16.2. The number of amides is 2. The van der Waals surface area contributed by atoms with Gasteiger partial charge in [-0.3, -0.25) is 9.59 Å². The van der Waals surface area contributed by atoms with E-state index in [-0.39, 0.29) is 31.1 Å². The second-order valence-electron chi connectivity index (χ2n) is 6.13. The van der Waals surface area contributed by atoms with Gasteiger partial charge in [-0.05, 0) is 18.5 Å². The van der Waals surface area contributed by atoms with Crippen molar-refractivity contribution in [2.45, 2.75) is 25.0 Å². The molecule has 1 aromatic rings. The fraction of sp³-hybridized carbons (Fsp3) is 0.529. The summed E-state index contributed by atoms with van der Waals surface area (Å²) in [5, 5.41) is 3.27. The third kappa shape index (κ3) is 3.54. The Balaban J connectivity index is 1.74. The van der Waals surface area contributed by atoms with Crippen LogP contribution in [0, 0.1) is 0 Å². The van der Waals surface area contributed by atoms with Gasteiger partial charge < -0.3 is 19.9 Å². The lowest BCUT2D eigenvalue weighted by Gasteiger charge is -2.38. The molecule has 3 rings (SSSR count). The quantitative estimate of drug-likeness (QED) is 0.864. The number of carbonyl (C=O) groups excluding carboxylic acids is 2. The fourth-order valence-corrected chi connectivity index (χ4v) is 3.17. The van der Waals surface area contributed by atoms with Crippen molar-refractivity contribution in [3.63, 3.8) is 0 Å². The highest BCUT2D eigenvalue weighted by Crippen LogP contribution is 2.17. The third-order valence-corrected chi connectivity index (χ3v) is 4.61. The van der Waals surface area contributed by atoms with Crippen molar-refractivity contribution in [1.29, 1.82) is 0 Å². The van der Waals surface area contributed by atoms with Crippen LogP contribution in [0.3, 0.4) is 0 Å². The second kappa shape index (κ2) is 7.10. The standard InChI is InChI=1S/C17H23N3O3/c1-19(14-7-8-18-9-14)17(22)15-11-23-12-16(21)20(15)10-13-5-3-2-4-6-13/h2-6,14-15,18H,7-12H2,1H3/t14?,15-/m1/s1. The van der Waals surface area contributed by atoms with Crippen molar-refractivity contribution < 1.29 is 14.3 Å². The smallest absolute Gasteiger partial charge is 0.249 e. The molecule has 0 spiro atoms. The lowest BCUT2D eigenvalue weighted by atomic mass is 10.1. The van der Waals surface area contributed by atoms with E-state index in [0.717, 1.165) is 25.1 Å². The molecule has 6 heteroatoms. The molecule has 124 valence electrons. The van der Waals surface area contributed by atoms with Gasteiger partial charge in [0.05, 0.1) is 6.61 Å². The molecule has 2 fully saturated rings. The van der Waals surface area contributed by atoms with Crippen LogP contribution in [0.15, 0.2) is 30.3 Å². The SMILES string of the molecule is CN(C(=O)[C@H]1COCC(=O)N1Cc1ccccc1)C1CCNC1. The fourth-order valence-electron chi connectivity index (χ4n) is 3.17. The molecular formula is C17H23N3O3. The largest absolute Gasteiger partial charge is 0.369 e. The zero-order valence-corrected chi connectivity index (χ0v) is 13.4. The number of morpholine rings is 1. The lowest BCUT2D eigenvalue weighted by molar-refractivity contribution is -0.160. The van der Waals surface area contributed by atoms with Crippen LogP contribution in [0.2, 0.25) is 0 Å². The van der Waals surface area contributed by atoms with Crippen LogP contribution < -0.4 is 5.32 Å². The molecule has 0 aromatic heterocycles. The minimum atomic E-state index is -0.540. The first-order valence-electron chi connectivity index (χ1n) is 8.05. The molecule has 1 unspecified atom stereocenters. The monoisotopic (exact) mass is 317 g/mol. The van der Waals surface area contributed by atoms with Crippen LogP contribution >= 0.6 is 0 Å². The Bertz CT molecular complexity index is 557. The van der Waals surface area contributed by atoms with E-state index in [1.165, 1.54) is 0 Å². The molecule has 1 N–H and O–H groups in total. The second-order valence-corrected chi connectivity index (χ2v) is 6.13. The molecule has 1 aromatic carbocycles. The topological polar surface area (TPSA) is 61.9 Å². The molecule has 0 bridgehead atoms. The summed E-state index contributed by atoms with van der Waals surface area (Å²) in [6.07, 6.45) is 0.947. The molecule has 0 saturated carbocycles. The summed E-state index contributed by atoms with van der Waals surface area (Å²) in [7, 11) is 1.82. The maximum atomic E-state index is 12.9. The van der Waals surface area contributed by atoms with Crippen molar-refractivity contribution in [1.82, 2.24) is 15.1 Å². The maximum Gasteiger partial charge on any atom is 0.249 e. The molecule has 2 atom stereocenters. The minimum Gasteiger partial charge on any atom is -0.369 e. The van der Waals surface area contributed by atoms with E-state index in [1.54, 1.807) is 9.80 Å². The number of carbonyl (C=O) groups is 2. The Morgan fingerprint density at radius 2 is 2.17 bits per heavy atom. The van der Waals surface area contributed by atoms with E-state index in [9.17, 15) is 9.59 Å². The van der Waals surface area contributed by atoms with E-state index < -0.39 is 6.04 Å². The highest BCUT2D eigenvalue weighted by Gasteiger charge is 2.37. The first-order valence-corrected chi connectivity index (χ1v) is 8.05. The van der Waals surface area contributed by atoms with Gasteiger partial charge in [-0.25, -0.2) is 0 Å². The van der Waals surface area contributed by atoms with Gasteiger partial charge in [0.15, 0.2) is 0 Å². The molecule has 0 aliphatic carbocycles. The van der Waals surface area contributed by atoms with Crippen molar-refractivity contribution in [3.8, 4) is 0 Å². The van der Waals surface area contributed by atoms with Gasteiger partial charge in [0.25, 0.3) is 0 Å². The Morgan fingerprint density at radius 3 is 2.87 bits per heavy atom. The van der Waals surface area contributed by atoms with Crippen LogP contribution in [-0.4, -0.2) is 67.0 Å². The van der Waals surface area contributed by atoms with E-state index in [0.29, 0.717) is 6.54 Å². The highest BCUT2D eigenvalue weighted by atomic mass is 16.5. The lowest BCUT2D eigenvalue weighted by Crippen LogP contribution is -2.57. The average Bonchev–Trinajstić information content (AvgIpc) is 3.11. The maximum absolute atomic E-state index is 12.9. The van der Waals surface area contributed by atoms with E-state index in [4.69, 9.17) is 4.74 Å². The number of likely N-dealkylation sites (N-methyl/N-ethyl adjacent to an activating group) is 1. The average molecular weight is 317 g/mol. The molecular weight excluding hydrogens is 294 g/mol. The number of hydrogen-bond donors (Lipinski definition) is 1. The number of rotatable bonds is 4. The van der Waals surface area contributed by atoms with Gasteiger partial charge >= 0.3 is 0 Å². The first kappa shape index (κ1) is 16.0. The van der Waals surface area contributed by atoms with Crippen LogP contribution in [0.1, 0.15) is 12.0 Å². The number of hydrogen-bond acceptors (Lipinski definition) is 4. The molecule has 2 heterocycles. The van der Waals surface area contributed by atoms with Gasteiger partial charge in [0, 0.05) is 26.2 Å². The van der Waals surface area contributed by atoms with Gasteiger partial charge in [-0.15, -0.1) is 0 Å². The van der Waals surface area contributed by atoms with Crippen molar-refractivity contribution in [2.24, 2.45) is 0 Å². The summed E-state index contributed by atoms with van der Waals surface area (Å²) in [5.74, 6) is -0.168. The molecule has 6 nitrogen and oxygen atoms in total. The predicted molar refractivity (Wildman–Crippen MR) is 85.6 cm³/mol. The third-order valence-electron chi connectivity index (χ3n) is 4.61. The minimum absolute atomic E-state index is 0.0392. The normalized spacial score (nSPS) is 24.7. The van der Waals surface area contributed by atoms with Gasteiger partial charge in [0.1, 0.15) is 12.6 Å². The number of nitrogens with zero attached hydrogens (tertiary/aromatic N) is 2. The van der Waals surface area contributed by atoms with Crippen LogP contribution in [0.4, 0.5) is 0 Å². The molecule has 2 aliphatic heterocycles. The van der Waals surface area contributed by atoms with E-state index >= 15 is 0 Å². The summed E-state index contributed by atoms with van der Waals surface area (Å²) in [4.78, 5) is 28.6. The first-order chi connectivity index (χ1) is 11.2. The van der Waals surface area contributed by atoms with Gasteiger partial charge in [-0.1, -0.05) is 30.3 Å². The summed E-state index contributed by atoms with van der Waals surface area (Å²) in [6, 6.07) is 9.40. The van der Waals surface area contributed by atoms with Gasteiger partial charge in [0.2, 0.25) is 11.8 Å². The van der Waals surface area contributed by atoms with Crippen molar-refractivity contribution >= 4 is 11.8 Å². The zero-order valence-electron chi connectivity index (χ0n) is 13.4. The Hall–Kier alpha value is -1.92. The van der Waals surface area contributed by atoms with Crippen LogP contribution in [-0.2, 0) is 20.9 Å². The van der Waals surface area contributed by atoms with E-state index in [2.05, 4.69) is 5.32 Å². The molecule has 2 saturated heterocycles. The summed E-state index contributed by atoms with van der Waals surface area (Å²) >= 11 is 0. The van der Waals surface area contributed by atoms with Crippen LogP contribution in [0.25, 0.3) is 0 Å². The highest BCUT2D eigenvalue weighted by molar-refractivity contribution is 5.89. The van der Waals surface area contributed by atoms with Crippen molar-refractivity contribution in [2.75, 3.05) is 33.4 Å². The number of nitrogens with one attached hydrogen (secondary N) is 1.